The fourth-order valence-electron chi connectivity index (χ4n) is 2.58. The zero-order valence-corrected chi connectivity index (χ0v) is 15.7. The second-order valence-corrected chi connectivity index (χ2v) is 7.96. The molecule has 0 radical (unpaired) electrons. The van der Waals surface area contributed by atoms with Crippen LogP contribution in [-0.4, -0.2) is 50.9 Å². The number of furan rings is 1. The summed E-state index contributed by atoms with van der Waals surface area (Å²) >= 11 is 2.52. The number of hydrogen-bond acceptors (Lipinski definition) is 9. The average molecular weight is 405 g/mol. The van der Waals surface area contributed by atoms with Gasteiger partial charge < -0.3 is 13.8 Å². The Hall–Kier alpha value is -2.66. The largest absolute Gasteiger partial charge is 0.461 e. The van der Waals surface area contributed by atoms with Crippen LogP contribution in [0.4, 0.5) is 5.13 Å². The maximum atomic E-state index is 12.3. The first-order valence-corrected chi connectivity index (χ1v) is 10.1. The molecule has 3 aromatic heterocycles. The number of aromatic nitrogens is 3. The van der Waals surface area contributed by atoms with Gasteiger partial charge in [0.05, 0.1) is 12.0 Å². The van der Waals surface area contributed by atoms with Crippen molar-refractivity contribution in [3.05, 3.63) is 30.2 Å². The molecule has 0 aromatic carbocycles. The van der Waals surface area contributed by atoms with Crippen molar-refractivity contribution in [2.24, 2.45) is 0 Å². The highest BCUT2D eigenvalue weighted by molar-refractivity contribution is 8.01. The summed E-state index contributed by atoms with van der Waals surface area (Å²) in [6.45, 7) is 1.66. The van der Waals surface area contributed by atoms with Gasteiger partial charge in [0.25, 0.3) is 5.91 Å². The Morgan fingerprint density at radius 3 is 2.89 bits per heavy atom. The third-order valence-corrected chi connectivity index (χ3v) is 5.87. The van der Waals surface area contributed by atoms with Crippen LogP contribution in [-0.2, 0) is 4.79 Å². The summed E-state index contributed by atoms with van der Waals surface area (Å²) in [5.74, 6) is 0.805. The highest BCUT2D eigenvalue weighted by Gasteiger charge is 2.20. The molecule has 0 bridgehead atoms. The molecule has 0 aliphatic carbocycles. The minimum Gasteiger partial charge on any atom is -0.461 e. The molecule has 1 N–H and O–H groups in total. The van der Waals surface area contributed by atoms with E-state index in [9.17, 15) is 9.59 Å². The summed E-state index contributed by atoms with van der Waals surface area (Å²) < 4.78 is 10.9. The van der Waals surface area contributed by atoms with Crippen molar-refractivity contribution in [3.8, 4) is 11.5 Å². The van der Waals surface area contributed by atoms with E-state index in [0.717, 1.165) is 25.9 Å². The maximum absolute atomic E-state index is 12.3. The summed E-state index contributed by atoms with van der Waals surface area (Å²) in [4.78, 5) is 26.2. The number of nitrogens with one attached hydrogen (secondary N) is 1. The van der Waals surface area contributed by atoms with Crippen molar-refractivity contribution in [1.29, 1.82) is 0 Å². The fourth-order valence-corrected chi connectivity index (χ4v) is 4.23. The van der Waals surface area contributed by atoms with Gasteiger partial charge in [-0.3, -0.25) is 14.9 Å². The molecule has 1 aliphatic rings. The quantitative estimate of drug-likeness (QED) is 0.492. The number of carbonyl (C=O) groups is 2. The molecule has 0 atom stereocenters. The Kier molecular flexibility index (Phi) is 5.21. The normalized spacial score (nSPS) is 13.9. The molecule has 9 nitrogen and oxygen atoms in total. The Balaban J connectivity index is 1.32. The van der Waals surface area contributed by atoms with E-state index in [1.54, 1.807) is 12.1 Å². The van der Waals surface area contributed by atoms with E-state index in [2.05, 4.69) is 20.7 Å². The number of thioether (sulfide) groups is 1. The minimum atomic E-state index is -0.461. The molecule has 0 saturated carbocycles. The Bertz CT molecular complexity index is 930. The van der Waals surface area contributed by atoms with E-state index in [1.807, 2.05) is 4.90 Å². The predicted molar refractivity (Wildman–Crippen MR) is 98.6 cm³/mol. The van der Waals surface area contributed by atoms with Gasteiger partial charge in [-0.05, 0) is 25.0 Å². The van der Waals surface area contributed by atoms with Crippen molar-refractivity contribution >= 4 is 40.0 Å². The van der Waals surface area contributed by atoms with Crippen LogP contribution < -0.4 is 5.32 Å². The van der Waals surface area contributed by atoms with Gasteiger partial charge >= 0.3 is 0 Å². The van der Waals surface area contributed by atoms with E-state index < -0.39 is 5.91 Å². The second kappa shape index (κ2) is 7.92. The zero-order chi connectivity index (χ0) is 18.6. The van der Waals surface area contributed by atoms with Crippen LogP contribution in [0.1, 0.15) is 23.3 Å². The fraction of sp³-hybridized carbons (Fsp3) is 0.312. The van der Waals surface area contributed by atoms with Crippen LogP contribution >= 0.6 is 23.1 Å². The monoisotopic (exact) mass is 405 g/mol. The van der Waals surface area contributed by atoms with E-state index in [1.165, 1.54) is 35.4 Å². The van der Waals surface area contributed by atoms with E-state index in [4.69, 9.17) is 8.94 Å². The molecule has 3 aromatic rings. The van der Waals surface area contributed by atoms with Gasteiger partial charge in [-0.25, -0.2) is 0 Å². The van der Waals surface area contributed by atoms with Crippen LogP contribution in [0, 0.1) is 0 Å². The first kappa shape index (κ1) is 17.7. The number of anilines is 1. The lowest BCUT2D eigenvalue weighted by Gasteiger charge is -2.13. The standard InChI is InChI=1S/C16H15N5O4S2/c22-13(21-5-1-2-6-21)9-26-16-19-18-15(27-16)17-14(23)10-8-12(25-20-10)11-4-3-7-24-11/h3-4,7-8H,1-2,5-6,9H2,(H,17,18,23). The van der Waals surface area contributed by atoms with Crippen LogP contribution in [0.5, 0.6) is 0 Å². The highest BCUT2D eigenvalue weighted by atomic mass is 32.2. The van der Waals surface area contributed by atoms with Gasteiger partial charge in [0.2, 0.25) is 16.8 Å². The number of rotatable bonds is 6. The summed E-state index contributed by atoms with van der Waals surface area (Å²) in [6, 6.07) is 4.91. The lowest BCUT2D eigenvalue weighted by atomic mass is 10.3. The molecule has 4 heterocycles. The average Bonchev–Trinajstić information content (AvgIpc) is 3.47. The third kappa shape index (κ3) is 4.19. The van der Waals surface area contributed by atoms with Gasteiger partial charge in [0.15, 0.2) is 15.8 Å². The van der Waals surface area contributed by atoms with Gasteiger partial charge in [-0.2, -0.15) is 0 Å². The van der Waals surface area contributed by atoms with E-state index >= 15 is 0 Å². The van der Waals surface area contributed by atoms with E-state index in [-0.39, 0.29) is 11.6 Å². The molecule has 140 valence electrons. The number of carbonyl (C=O) groups excluding carboxylic acids is 2. The minimum absolute atomic E-state index is 0.103. The molecule has 1 fully saturated rings. The molecule has 4 rings (SSSR count). The first-order valence-electron chi connectivity index (χ1n) is 8.25. The second-order valence-electron chi connectivity index (χ2n) is 5.76. The lowest BCUT2D eigenvalue weighted by Crippen LogP contribution is -2.29. The summed E-state index contributed by atoms with van der Waals surface area (Å²) in [5, 5.41) is 14.6. The van der Waals surface area contributed by atoms with Crippen LogP contribution in [0.25, 0.3) is 11.5 Å². The van der Waals surface area contributed by atoms with Crippen molar-refractivity contribution < 1.29 is 18.5 Å². The van der Waals surface area contributed by atoms with Gasteiger partial charge in [-0.15, -0.1) is 10.2 Å². The molecular weight excluding hydrogens is 390 g/mol. The Labute approximate surface area is 162 Å². The third-order valence-electron chi connectivity index (χ3n) is 3.91. The van der Waals surface area contributed by atoms with Crippen LogP contribution in [0.15, 0.2) is 37.7 Å². The van der Waals surface area contributed by atoms with Crippen molar-refractivity contribution in [1.82, 2.24) is 20.3 Å². The number of hydrogen-bond donors (Lipinski definition) is 1. The van der Waals surface area contributed by atoms with Crippen molar-refractivity contribution in [3.63, 3.8) is 0 Å². The van der Waals surface area contributed by atoms with Crippen molar-refractivity contribution in [2.75, 3.05) is 24.2 Å². The van der Waals surface area contributed by atoms with Gasteiger partial charge in [-0.1, -0.05) is 28.3 Å². The van der Waals surface area contributed by atoms with E-state index in [0.29, 0.717) is 26.7 Å². The molecule has 11 heteroatoms. The summed E-state index contributed by atoms with van der Waals surface area (Å²) in [5.41, 5.74) is 0.106. The SMILES string of the molecule is O=C(Nc1nnc(SCC(=O)N2CCCC2)s1)c1cc(-c2ccco2)on1. The topological polar surface area (TPSA) is 114 Å². The van der Waals surface area contributed by atoms with Crippen LogP contribution in [0.3, 0.4) is 0 Å². The lowest BCUT2D eigenvalue weighted by molar-refractivity contribution is -0.127. The van der Waals surface area contributed by atoms with Gasteiger partial charge in [0.1, 0.15) is 0 Å². The van der Waals surface area contributed by atoms with Crippen LogP contribution in [0.2, 0.25) is 0 Å². The maximum Gasteiger partial charge on any atom is 0.279 e. The van der Waals surface area contributed by atoms with Gasteiger partial charge in [0, 0.05) is 19.2 Å². The zero-order valence-electron chi connectivity index (χ0n) is 14.1. The molecule has 1 saturated heterocycles. The Morgan fingerprint density at radius 1 is 1.26 bits per heavy atom. The molecular formula is C16H15N5O4S2. The number of likely N-dealkylation sites (tertiary alicyclic amines) is 1. The summed E-state index contributed by atoms with van der Waals surface area (Å²) in [6.07, 6.45) is 3.64. The predicted octanol–water partition coefficient (Wildman–Crippen LogP) is 2.75. The molecule has 0 unspecified atom stereocenters. The Morgan fingerprint density at radius 2 is 2.11 bits per heavy atom. The highest BCUT2D eigenvalue weighted by Crippen LogP contribution is 2.27. The molecule has 2 amide bonds. The molecule has 27 heavy (non-hydrogen) atoms. The number of amides is 2. The molecule has 1 aliphatic heterocycles. The number of nitrogens with zero attached hydrogens (tertiary/aromatic N) is 4. The smallest absolute Gasteiger partial charge is 0.279 e. The first-order chi connectivity index (χ1) is 13.2. The summed E-state index contributed by atoms with van der Waals surface area (Å²) in [7, 11) is 0. The van der Waals surface area contributed by atoms with Crippen molar-refractivity contribution in [2.45, 2.75) is 17.2 Å². The molecule has 0 spiro atoms.